The number of ketones is 1. The monoisotopic (exact) mass is 370 g/mol. The Bertz CT molecular complexity index is 940. The van der Waals surface area contributed by atoms with Gasteiger partial charge in [0.2, 0.25) is 5.78 Å². The molecule has 142 valence electrons. The summed E-state index contributed by atoms with van der Waals surface area (Å²) in [5, 5.41) is 40.6. The molecule has 0 fully saturated rings. The highest BCUT2D eigenvalue weighted by atomic mass is 16.5. The second-order valence-corrected chi connectivity index (χ2v) is 6.98. The lowest BCUT2D eigenvalue weighted by Gasteiger charge is -2.32. The number of aliphatic hydroxyl groups excluding tert-OH is 1. The van der Waals surface area contributed by atoms with Gasteiger partial charge in [-0.05, 0) is 50.5 Å². The molecule has 6 heteroatoms. The van der Waals surface area contributed by atoms with E-state index in [2.05, 4.69) is 0 Å². The SMILES string of the molecule is CC(C)=CCc1c(O)cc(O)c2c1O[C@H](c1ccc(O)c(C)c1)[C@@H](O)C2=O. The van der Waals surface area contributed by atoms with Crippen molar-refractivity contribution in [2.45, 2.75) is 39.4 Å². The van der Waals surface area contributed by atoms with E-state index in [4.69, 9.17) is 4.74 Å². The molecule has 1 aliphatic rings. The minimum Gasteiger partial charge on any atom is -0.508 e. The number of aryl methyl sites for hydroxylation is 1. The van der Waals surface area contributed by atoms with Crippen molar-refractivity contribution in [1.29, 1.82) is 0 Å². The summed E-state index contributed by atoms with van der Waals surface area (Å²) in [6.07, 6.45) is -0.365. The fourth-order valence-electron chi connectivity index (χ4n) is 3.13. The van der Waals surface area contributed by atoms with E-state index < -0.39 is 23.7 Å². The molecule has 0 saturated carbocycles. The van der Waals surface area contributed by atoms with Crippen LogP contribution in [0, 0.1) is 6.92 Å². The average molecular weight is 370 g/mol. The molecule has 2 aromatic rings. The number of phenols is 3. The van der Waals surface area contributed by atoms with Gasteiger partial charge in [-0.1, -0.05) is 17.7 Å². The van der Waals surface area contributed by atoms with Gasteiger partial charge in [-0.25, -0.2) is 0 Å². The van der Waals surface area contributed by atoms with Crippen molar-refractivity contribution < 1.29 is 30.0 Å². The molecule has 3 rings (SSSR count). The zero-order chi connectivity index (χ0) is 19.9. The molecular formula is C21H22O6. The van der Waals surface area contributed by atoms with E-state index in [-0.39, 0.29) is 22.8 Å². The number of rotatable bonds is 3. The number of Topliss-reactive ketones (excluding diaryl/α,β-unsaturated/α-hetero) is 1. The predicted molar refractivity (Wildman–Crippen MR) is 99.5 cm³/mol. The fraction of sp³-hybridized carbons (Fsp3) is 0.286. The van der Waals surface area contributed by atoms with E-state index in [9.17, 15) is 25.2 Å². The minimum atomic E-state index is -1.52. The normalized spacial score (nSPS) is 18.6. The molecule has 6 nitrogen and oxygen atoms in total. The van der Waals surface area contributed by atoms with Gasteiger partial charge in [0.25, 0.3) is 0 Å². The third kappa shape index (κ3) is 3.36. The largest absolute Gasteiger partial charge is 0.508 e. The Balaban J connectivity index is 2.14. The summed E-state index contributed by atoms with van der Waals surface area (Å²) < 4.78 is 5.92. The fourth-order valence-corrected chi connectivity index (χ4v) is 3.13. The van der Waals surface area contributed by atoms with Crippen molar-refractivity contribution in [3.8, 4) is 23.0 Å². The van der Waals surface area contributed by atoms with Crippen molar-refractivity contribution in [3.05, 3.63) is 58.2 Å². The number of carbonyl (C=O) groups excluding carboxylic acids is 1. The van der Waals surface area contributed by atoms with Crippen LogP contribution in [0.3, 0.4) is 0 Å². The summed E-state index contributed by atoms with van der Waals surface area (Å²) >= 11 is 0. The zero-order valence-corrected chi connectivity index (χ0v) is 15.4. The van der Waals surface area contributed by atoms with E-state index >= 15 is 0 Å². The van der Waals surface area contributed by atoms with E-state index in [1.165, 1.54) is 6.07 Å². The van der Waals surface area contributed by atoms with Crippen LogP contribution >= 0.6 is 0 Å². The number of benzene rings is 2. The Morgan fingerprint density at radius 2 is 1.81 bits per heavy atom. The Labute approximate surface area is 157 Å². The third-order valence-electron chi connectivity index (χ3n) is 4.65. The van der Waals surface area contributed by atoms with Crippen LogP contribution in [0.25, 0.3) is 0 Å². The maximum Gasteiger partial charge on any atom is 0.202 e. The van der Waals surface area contributed by atoms with Gasteiger partial charge in [-0.15, -0.1) is 0 Å². The Hall–Kier alpha value is -2.99. The van der Waals surface area contributed by atoms with Crippen LogP contribution in [0.1, 0.15) is 47.0 Å². The maximum absolute atomic E-state index is 12.7. The van der Waals surface area contributed by atoms with Gasteiger partial charge in [0.1, 0.15) is 28.6 Å². The summed E-state index contributed by atoms with van der Waals surface area (Å²) in [5.74, 6) is -1.14. The highest BCUT2D eigenvalue weighted by Gasteiger charge is 2.40. The van der Waals surface area contributed by atoms with Crippen molar-refractivity contribution in [2.24, 2.45) is 0 Å². The van der Waals surface area contributed by atoms with Gasteiger partial charge in [-0.3, -0.25) is 4.79 Å². The first kappa shape index (κ1) is 18.8. The zero-order valence-electron chi connectivity index (χ0n) is 15.4. The molecule has 0 aliphatic carbocycles. The van der Waals surface area contributed by atoms with Crippen LogP contribution < -0.4 is 4.74 Å². The smallest absolute Gasteiger partial charge is 0.202 e. The number of ether oxygens (including phenoxy) is 1. The van der Waals surface area contributed by atoms with E-state index in [1.807, 2.05) is 19.9 Å². The summed E-state index contributed by atoms with van der Waals surface area (Å²) in [6, 6.07) is 5.74. The van der Waals surface area contributed by atoms with Crippen LogP contribution in [-0.4, -0.2) is 32.3 Å². The highest BCUT2D eigenvalue weighted by molar-refractivity contribution is 6.06. The first-order chi connectivity index (χ1) is 12.7. The van der Waals surface area contributed by atoms with Crippen LogP contribution in [0.2, 0.25) is 0 Å². The lowest BCUT2D eigenvalue weighted by Crippen LogP contribution is -2.36. The van der Waals surface area contributed by atoms with Crippen LogP contribution in [-0.2, 0) is 6.42 Å². The Morgan fingerprint density at radius 3 is 2.44 bits per heavy atom. The number of carbonyl (C=O) groups is 1. The number of hydrogen-bond donors (Lipinski definition) is 4. The highest BCUT2D eigenvalue weighted by Crippen LogP contribution is 2.45. The second-order valence-electron chi connectivity index (χ2n) is 6.98. The van der Waals surface area contributed by atoms with Crippen LogP contribution in [0.15, 0.2) is 35.9 Å². The molecular weight excluding hydrogens is 348 g/mol. The molecule has 1 heterocycles. The van der Waals surface area contributed by atoms with Crippen molar-refractivity contribution in [3.63, 3.8) is 0 Å². The molecule has 0 radical (unpaired) electrons. The molecule has 0 unspecified atom stereocenters. The number of hydrogen-bond acceptors (Lipinski definition) is 6. The molecule has 4 N–H and O–H groups in total. The van der Waals surface area contributed by atoms with Crippen molar-refractivity contribution >= 4 is 5.78 Å². The number of phenolic OH excluding ortho intramolecular Hbond substituents is 3. The number of fused-ring (bicyclic) bond motifs is 1. The first-order valence-electron chi connectivity index (χ1n) is 8.60. The molecule has 1 aliphatic heterocycles. The minimum absolute atomic E-state index is 0.0658. The van der Waals surface area contributed by atoms with Crippen molar-refractivity contribution in [2.75, 3.05) is 0 Å². The maximum atomic E-state index is 12.7. The topological polar surface area (TPSA) is 107 Å². The number of aliphatic hydroxyl groups is 1. The summed E-state index contributed by atoms with van der Waals surface area (Å²) in [7, 11) is 0. The van der Waals surface area contributed by atoms with E-state index in [1.54, 1.807) is 19.1 Å². The van der Waals surface area contributed by atoms with Gasteiger partial charge < -0.3 is 25.2 Å². The van der Waals surface area contributed by atoms with Crippen molar-refractivity contribution in [1.82, 2.24) is 0 Å². The molecule has 27 heavy (non-hydrogen) atoms. The van der Waals surface area contributed by atoms with Crippen LogP contribution in [0.5, 0.6) is 23.0 Å². The van der Waals surface area contributed by atoms with Gasteiger partial charge in [-0.2, -0.15) is 0 Å². The lowest BCUT2D eigenvalue weighted by molar-refractivity contribution is 0.0206. The summed E-state index contributed by atoms with van der Waals surface area (Å²) in [4.78, 5) is 12.7. The second kappa shape index (κ2) is 6.96. The summed E-state index contributed by atoms with van der Waals surface area (Å²) in [6.45, 7) is 5.51. The molecule has 0 saturated heterocycles. The molecule has 0 bridgehead atoms. The van der Waals surface area contributed by atoms with E-state index in [0.29, 0.717) is 23.1 Å². The average Bonchev–Trinajstić information content (AvgIpc) is 2.59. The lowest BCUT2D eigenvalue weighted by atomic mass is 9.90. The van der Waals surface area contributed by atoms with E-state index in [0.717, 1.165) is 11.6 Å². The van der Waals surface area contributed by atoms with Crippen LogP contribution in [0.4, 0.5) is 0 Å². The summed E-state index contributed by atoms with van der Waals surface area (Å²) in [5.41, 5.74) is 2.33. The molecule has 0 amide bonds. The van der Waals surface area contributed by atoms with Gasteiger partial charge >= 0.3 is 0 Å². The molecule has 0 aromatic heterocycles. The number of allylic oxidation sites excluding steroid dienone is 2. The van der Waals surface area contributed by atoms with Gasteiger partial charge in [0.15, 0.2) is 12.2 Å². The Kier molecular flexibility index (Phi) is 4.85. The van der Waals surface area contributed by atoms with Gasteiger partial charge in [0, 0.05) is 11.6 Å². The first-order valence-corrected chi connectivity index (χ1v) is 8.60. The Morgan fingerprint density at radius 1 is 1.11 bits per heavy atom. The molecule has 2 aromatic carbocycles. The number of aromatic hydroxyl groups is 3. The quantitative estimate of drug-likeness (QED) is 0.618. The third-order valence-corrected chi connectivity index (χ3v) is 4.65. The van der Waals surface area contributed by atoms with Gasteiger partial charge in [0.05, 0.1) is 0 Å². The molecule has 0 spiro atoms. The molecule has 2 atom stereocenters. The predicted octanol–water partition coefficient (Wildman–Crippen LogP) is 3.30. The standard InChI is InChI=1S/C21H22O6/c1-10(2)4-6-13-15(23)9-16(24)17-18(25)19(26)20(27-21(13)17)12-5-7-14(22)11(3)8-12/h4-5,7-9,19-20,22-24,26H,6H2,1-3H3/t19-,20+/m0/s1.